The van der Waals surface area contributed by atoms with Crippen LogP contribution in [0.3, 0.4) is 0 Å². The van der Waals surface area contributed by atoms with E-state index >= 15 is 0 Å². The zero-order chi connectivity index (χ0) is 10.7. The van der Waals surface area contributed by atoms with Crippen LogP contribution in [-0.2, 0) is 9.47 Å². The summed E-state index contributed by atoms with van der Waals surface area (Å²) in [5.41, 5.74) is 0. The third kappa shape index (κ3) is 2.89. The molecule has 0 aliphatic carbocycles. The van der Waals surface area contributed by atoms with Crippen LogP contribution in [0.15, 0.2) is 0 Å². The molecule has 1 aliphatic rings. The van der Waals surface area contributed by atoms with Crippen LogP contribution in [-0.4, -0.2) is 47.6 Å². The van der Waals surface area contributed by atoms with Crippen molar-refractivity contribution in [1.82, 2.24) is 0 Å². The molecule has 1 heterocycles. The molecule has 1 N–H and O–H groups in total. The Morgan fingerprint density at radius 3 is 2.79 bits per heavy atom. The maximum atomic E-state index is 13.7. The highest BCUT2D eigenvalue weighted by molar-refractivity contribution is 9.09. The summed E-state index contributed by atoms with van der Waals surface area (Å²) in [5, 5.41) is 8.99. The van der Waals surface area contributed by atoms with Gasteiger partial charge >= 0.3 is 0 Å². The van der Waals surface area contributed by atoms with Gasteiger partial charge in [-0.05, 0) is 13.8 Å². The number of hydrogen-bond acceptors (Lipinski definition) is 3. The van der Waals surface area contributed by atoms with Crippen molar-refractivity contribution in [1.29, 1.82) is 0 Å². The molecule has 1 fully saturated rings. The average molecular weight is 271 g/mol. The van der Waals surface area contributed by atoms with Crippen LogP contribution in [0.5, 0.6) is 0 Å². The van der Waals surface area contributed by atoms with Crippen molar-refractivity contribution < 1.29 is 19.0 Å². The monoisotopic (exact) mass is 270 g/mol. The lowest BCUT2D eigenvalue weighted by molar-refractivity contribution is -0.162. The Morgan fingerprint density at radius 1 is 1.64 bits per heavy atom. The Hall–Kier alpha value is 0.290. The molecular formula is C9H16BrFO3. The summed E-state index contributed by atoms with van der Waals surface area (Å²) in [7, 11) is 0. The van der Waals surface area contributed by atoms with Crippen LogP contribution >= 0.6 is 15.9 Å². The molecule has 5 heteroatoms. The van der Waals surface area contributed by atoms with Gasteiger partial charge in [-0.25, -0.2) is 4.39 Å². The predicted octanol–water partition coefficient (Wildman–Crippen LogP) is 1.27. The van der Waals surface area contributed by atoms with Crippen molar-refractivity contribution in [3.8, 4) is 0 Å². The molecule has 1 aliphatic heterocycles. The minimum atomic E-state index is -1.14. The number of halogens is 2. The summed E-state index contributed by atoms with van der Waals surface area (Å²) in [6.07, 6.45) is -2.45. The van der Waals surface area contributed by atoms with E-state index in [1.807, 2.05) is 13.8 Å². The summed E-state index contributed by atoms with van der Waals surface area (Å²) >= 11 is 3.18. The first-order chi connectivity index (χ1) is 6.56. The van der Waals surface area contributed by atoms with Crippen molar-refractivity contribution in [3.05, 3.63) is 0 Å². The minimum Gasteiger partial charge on any atom is -0.394 e. The first kappa shape index (κ1) is 12.4. The number of aliphatic hydroxyl groups excluding tert-OH is 1. The average Bonchev–Trinajstić information content (AvgIpc) is 2.13. The second kappa shape index (κ2) is 5.39. The van der Waals surface area contributed by atoms with Crippen molar-refractivity contribution in [3.63, 3.8) is 0 Å². The fraction of sp³-hybridized carbons (Fsp3) is 1.00. The fourth-order valence-electron chi connectivity index (χ4n) is 1.45. The third-order valence-corrected chi connectivity index (χ3v) is 2.87. The zero-order valence-corrected chi connectivity index (χ0v) is 9.91. The topological polar surface area (TPSA) is 38.7 Å². The standard InChI is InChI=1S/C9H16BrFO3/c1-5(2)14-9-7(3-12)13-4-6(10)8(9)11/h5-9,12H,3-4H2,1-2H3/t6?,7?,8-,9+/m0/s1. The van der Waals surface area contributed by atoms with Gasteiger partial charge in [0, 0.05) is 0 Å². The van der Waals surface area contributed by atoms with Crippen LogP contribution in [0, 0.1) is 0 Å². The van der Waals surface area contributed by atoms with Gasteiger partial charge in [0.1, 0.15) is 18.4 Å². The van der Waals surface area contributed by atoms with E-state index in [0.29, 0.717) is 0 Å². The van der Waals surface area contributed by atoms with Gasteiger partial charge in [-0.2, -0.15) is 0 Å². The van der Waals surface area contributed by atoms with Gasteiger partial charge in [0.2, 0.25) is 0 Å². The van der Waals surface area contributed by atoms with Crippen molar-refractivity contribution in [2.24, 2.45) is 0 Å². The van der Waals surface area contributed by atoms with E-state index in [-0.39, 0.29) is 24.1 Å². The molecule has 0 bridgehead atoms. The zero-order valence-electron chi connectivity index (χ0n) is 8.32. The lowest BCUT2D eigenvalue weighted by Crippen LogP contribution is -2.52. The highest BCUT2D eigenvalue weighted by atomic mass is 79.9. The molecule has 14 heavy (non-hydrogen) atoms. The Morgan fingerprint density at radius 2 is 2.29 bits per heavy atom. The molecule has 0 spiro atoms. The highest BCUT2D eigenvalue weighted by Gasteiger charge is 2.40. The number of ether oxygens (including phenoxy) is 2. The lowest BCUT2D eigenvalue weighted by atomic mass is 10.0. The predicted molar refractivity (Wildman–Crippen MR) is 54.4 cm³/mol. The quantitative estimate of drug-likeness (QED) is 0.786. The number of aliphatic hydroxyl groups is 1. The van der Waals surface area contributed by atoms with E-state index in [9.17, 15) is 4.39 Å². The van der Waals surface area contributed by atoms with E-state index in [4.69, 9.17) is 14.6 Å². The fourth-order valence-corrected chi connectivity index (χ4v) is 1.90. The number of rotatable bonds is 3. The maximum Gasteiger partial charge on any atom is 0.143 e. The summed E-state index contributed by atoms with van der Waals surface area (Å²) in [4.78, 5) is -0.353. The molecule has 84 valence electrons. The first-order valence-electron chi connectivity index (χ1n) is 4.72. The summed E-state index contributed by atoms with van der Waals surface area (Å²) < 4.78 is 24.3. The lowest BCUT2D eigenvalue weighted by Gasteiger charge is -2.36. The van der Waals surface area contributed by atoms with Gasteiger partial charge in [-0.3, -0.25) is 0 Å². The van der Waals surface area contributed by atoms with E-state index < -0.39 is 18.4 Å². The summed E-state index contributed by atoms with van der Waals surface area (Å²) in [6, 6.07) is 0. The molecule has 0 radical (unpaired) electrons. The Balaban J connectivity index is 2.61. The SMILES string of the molecule is CC(C)O[C@@H]1C(CO)OCC(Br)[C@@H]1F. The van der Waals surface area contributed by atoms with Gasteiger partial charge in [0.05, 0.1) is 24.1 Å². The maximum absolute atomic E-state index is 13.7. The Bertz CT molecular complexity index is 177. The van der Waals surface area contributed by atoms with Gasteiger partial charge in [0.15, 0.2) is 0 Å². The van der Waals surface area contributed by atoms with Crippen molar-refractivity contribution in [2.45, 2.75) is 43.2 Å². The largest absolute Gasteiger partial charge is 0.394 e. The third-order valence-electron chi connectivity index (χ3n) is 2.10. The van der Waals surface area contributed by atoms with Gasteiger partial charge in [-0.15, -0.1) is 0 Å². The van der Waals surface area contributed by atoms with Gasteiger partial charge in [-0.1, -0.05) is 15.9 Å². The number of alkyl halides is 2. The molecule has 4 atom stereocenters. The molecule has 2 unspecified atom stereocenters. The molecule has 0 amide bonds. The van der Waals surface area contributed by atoms with Gasteiger partial charge in [0.25, 0.3) is 0 Å². The molecule has 0 saturated carbocycles. The smallest absolute Gasteiger partial charge is 0.143 e. The summed E-state index contributed by atoms with van der Waals surface area (Å²) in [6.45, 7) is 3.72. The van der Waals surface area contributed by atoms with E-state index in [2.05, 4.69) is 15.9 Å². The van der Waals surface area contributed by atoms with E-state index in [1.54, 1.807) is 0 Å². The number of hydrogen-bond donors (Lipinski definition) is 1. The second-order valence-corrected chi connectivity index (χ2v) is 4.84. The molecule has 0 aromatic heterocycles. The van der Waals surface area contributed by atoms with Crippen LogP contribution in [0.25, 0.3) is 0 Å². The summed E-state index contributed by atoms with van der Waals surface area (Å²) in [5.74, 6) is 0. The normalized spacial score (nSPS) is 39.0. The second-order valence-electron chi connectivity index (χ2n) is 3.66. The molecule has 0 aromatic rings. The molecule has 3 nitrogen and oxygen atoms in total. The van der Waals surface area contributed by atoms with E-state index in [1.165, 1.54) is 0 Å². The van der Waals surface area contributed by atoms with Crippen LogP contribution < -0.4 is 0 Å². The Kier molecular flexibility index (Phi) is 4.76. The molecular weight excluding hydrogens is 255 g/mol. The Labute approximate surface area is 91.7 Å². The molecule has 1 rings (SSSR count). The van der Waals surface area contributed by atoms with Crippen LogP contribution in [0.1, 0.15) is 13.8 Å². The van der Waals surface area contributed by atoms with Crippen molar-refractivity contribution in [2.75, 3.05) is 13.2 Å². The molecule has 1 saturated heterocycles. The van der Waals surface area contributed by atoms with Crippen LogP contribution in [0.2, 0.25) is 0 Å². The van der Waals surface area contributed by atoms with Crippen LogP contribution in [0.4, 0.5) is 4.39 Å². The minimum absolute atomic E-state index is 0.0753. The van der Waals surface area contributed by atoms with Crippen molar-refractivity contribution >= 4 is 15.9 Å². The molecule has 0 aromatic carbocycles. The van der Waals surface area contributed by atoms with E-state index in [0.717, 1.165) is 0 Å². The highest BCUT2D eigenvalue weighted by Crippen LogP contribution is 2.26. The van der Waals surface area contributed by atoms with Gasteiger partial charge < -0.3 is 14.6 Å². The first-order valence-corrected chi connectivity index (χ1v) is 5.64.